The van der Waals surface area contributed by atoms with Crippen LogP contribution in [-0.4, -0.2) is 61.4 Å². The van der Waals surface area contributed by atoms with E-state index in [4.69, 9.17) is 9.72 Å². The van der Waals surface area contributed by atoms with Crippen molar-refractivity contribution in [2.24, 2.45) is 0 Å². The van der Waals surface area contributed by atoms with E-state index < -0.39 is 0 Å². The van der Waals surface area contributed by atoms with Gasteiger partial charge in [0.15, 0.2) is 12.3 Å². The van der Waals surface area contributed by atoms with Gasteiger partial charge in [0.2, 0.25) is 5.95 Å². The Morgan fingerprint density at radius 1 is 1.00 bits per heavy atom. The van der Waals surface area contributed by atoms with E-state index in [9.17, 15) is 9.59 Å². The number of benzene rings is 2. The van der Waals surface area contributed by atoms with E-state index in [1.54, 1.807) is 15.8 Å². The number of rotatable bonds is 2. The highest BCUT2D eigenvalue weighted by molar-refractivity contribution is 5.98. The number of likely N-dealkylation sites (N-methyl/N-ethyl adjacent to an activating group) is 1. The molecule has 2 aromatic carbocycles. The van der Waals surface area contributed by atoms with Crippen molar-refractivity contribution in [1.29, 1.82) is 0 Å². The Bertz CT molecular complexity index is 1980. The predicted molar refractivity (Wildman–Crippen MR) is 161 cm³/mol. The first-order chi connectivity index (χ1) is 20.5. The predicted octanol–water partition coefficient (Wildman–Crippen LogP) is 3.80. The molecule has 3 aromatic heterocycles. The molecule has 8 rings (SSSR count). The van der Waals surface area contributed by atoms with Gasteiger partial charge in [-0.3, -0.25) is 14.5 Å². The van der Waals surface area contributed by atoms with Crippen LogP contribution in [0, 0.1) is 0 Å². The van der Waals surface area contributed by atoms with Crippen LogP contribution in [0.25, 0.3) is 27.6 Å². The fourth-order valence-corrected chi connectivity index (χ4v) is 6.30. The normalized spacial score (nSPS) is 17.0. The van der Waals surface area contributed by atoms with Gasteiger partial charge in [0.1, 0.15) is 11.1 Å². The van der Waals surface area contributed by atoms with Crippen molar-refractivity contribution in [3.05, 3.63) is 76.9 Å². The minimum atomic E-state index is -0.175. The molecule has 0 aliphatic carbocycles. The van der Waals surface area contributed by atoms with Crippen molar-refractivity contribution in [2.45, 2.75) is 32.5 Å². The monoisotopic (exact) mass is 562 g/mol. The van der Waals surface area contributed by atoms with Crippen LogP contribution in [0.5, 0.6) is 5.75 Å². The summed E-state index contributed by atoms with van der Waals surface area (Å²) in [5, 5.41) is 4.94. The second kappa shape index (κ2) is 9.59. The first-order valence-corrected chi connectivity index (χ1v) is 14.3. The minimum absolute atomic E-state index is 0.0243. The van der Waals surface area contributed by atoms with Gasteiger partial charge in [-0.1, -0.05) is 12.2 Å². The molecule has 1 amide bonds. The summed E-state index contributed by atoms with van der Waals surface area (Å²) < 4.78 is 11.6. The number of amides is 1. The molecule has 0 spiro atoms. The Kier molecular flexibility index (Phi) is 5.68. The van der Waals surface area contributed by atoms with Gasteiger partial charge >= 0.3 is 0 Å². The molecule has 3 aliphatic heterocycles. The van der Waals surface area contributed by atoms with Crippen LogP contribution in [0.15, 0.2) is 65.6 Å². The average Bonchev–Trinajstić information content (AvgIpc) is 3.47. The van der Waals surface area contributed by atoms with Gasteiger partial charge in [0.05, 0.1) is 17.9 Å². The number of fused-ring (bicyclic) bond motifs is 8. The molecule has 3 aliphatic rings. The van der Waals surface area contributed by atoms with Crippen LogP contribution in [0.4, 0.5) is 17.3 Å². The number of carbonyl (C=O) groups excluding carboxylic acids is 1. The van der Waals surface area contributed by atoms with Crippen LogP contribution in [0.1, 0.15) is 18.5 Å². The smallest absolute Gasteiger partial charge is 0.278 e. The highest BCUT2D eigenvalue weighted by atomic mass is 16.5. The molecule has 0 fully saturated rings. The van der Waals surface area contributed by atoms with Gasteiger partial charge in [-0.25, -0.2) is 14.3 Å². The largest absolute Gasteiger partial charge is 0.482 e. The number of hydrogen-bond donors (Lipinski definition) is 1. The fourth-order valence-electron chi connectivity index (χ4n) is 6.30. The van der Waals surface area contributed by atoms with Crippen LogP contribution in [0.2, 0.25) is 0 Å². The number of carbonyl (C=O) groups is 1. The van der Waals surface area contributed by atoms with Crippen LogP contribution < -0.4 is 20.5 Å². The first kappa shape index (κ1) is 24.9. The molecule has 0 unspecified atom stereocenters. The van der Waals surface area contributed by atoms with E-state index in [2.05, 4.69) is 51.1 Å². The average molecular weight is 563 g/mol. The quantitative estimate of drug-likeness (QED) is 0.327. The second-order valence-corrected chi connectivity index (χ2v) is 11.2. The van der Waals surface area contributed by atoms with Gasteiger partial charge in [-0.2, -0.15) is 4.98 Å². The second-order valence-electron chi connectivity index (χ2n) is 11.2. The molecule has 11 nitrogen and oxygen atoms in total. The maximum Gasteiger partial charge on any atom is 0.278 e. The molecule has 0 radical (unpaired) electrons. The van der Waals surface area contributed by atoms with Crippen molar-refractivity contribution < 1.29 is 9.53 Å². The highest BCUT2D eigenvalue weighted by Crippen LogP contribution is 2.35. The molecule has 6 heterocycles. The third-order valence-electron chi connectivity index (χ3n) is 8.38. The number of allylic oxidation sites excluding steroid dienone is 2. The lowest BCUT2D eigenvalue weighted by Gasteiger charge is -2.30. The maximum absolute atomic E-state index is 13.6. The molecule has 212 valence electrons. The summed E-state index contributed by atoms with van der Waals surface area (Å²) in [6, 6.07) is 14.2. The molecule has 2 bridgehead atoms. The zero-order valence-corrected chi connectivity index (χ0v) is 23.3. The Balaban J connectivity index is 1.23. The first-order valence-electron chi connectivity index (χ1n) is 14.3. The van der Waals surface area contributed by atoms with Crippen molar-refractivity contribution in [3.63, 3.8) is 0 Å². The fraction of sp³-hybridized carbons (Fsp3) is 0.290. The lowest BCUT2D eigenvalue weighted by molar-refractivity contribution is -0.121. The van der Waals surface area contributed by atoms with E-state index in [0.29, 0.717) is 47.2 Å². The third-order valence-corrected chi connectivity index (χ3v) is 8.38. The Morgan fingerprint density at radius 3 is 2.86 bits per heavy atom. The highest BCUT2D eigenvalue weighted by Gasteiger charge is 2.27. The molecule has 0 atom stereocenters. The van der Waals surface area contributed by atoms with Crippen LogP contribution >= 0.6 is 0 Å². The minimum Gasteiger partial charge on any atom is -0.482 e. The van der Waals surface area contributed by atoms with Gasteiger partial charge in [0, 0.05) is 54.7 Å². The van der Waals surface area contributed by atoms with Gasteiger partial charge in [0.25, 0.3) is 11.5 Å². The van der Waals surface area contributed by atoms with Crippen molar-refractivity contribution in [3.8, 4) is 11.4 Å². The van der Waals surface area contributed by atoms with Gasteiger partial charge in [-0.15, -0.1) is 0 Å². The zero-order valence-electron chi connectivity index (χ0n) is 23.3. The summed E-state index contributed by atoms with van der Waals surface area (Å²) in [5.74, 6) is 0.978. The third kappa shape index (κ3) is 3.99. The number of nitrogens with zero attached hydrogens (tertiary/aromatic N) is 7. The molecule has 42 heavy (non-hydrogen) atoms. The summed E-state index contributed by atoms with van der Waals surface area (Å²) in [5.41, 5.74) is 5.13. The number of hydrogen-bond acceptors (Lipinski definition) is 7. The Labute approximate surface area is 241 Å². The Morgan fingerprint density at radius 2 is 1.93 bits per heavy atom. The van der Waals surface area contributed by atoms with Gasteiger partial charge in [-0.05, 0) is 62.4 Å². The molecule has 1 N–H and O–H groups in total. The number of ether oxygens (including phenoxy) is 1. The van der Waals surface area contributed by atoms with E-state index >= 15 is 0 Å². The maximum atomic E-state index is 13.6. The molecule has 5 aromatic rings. The molecule has 0 saturated heterocycles. The van der Waals surface area contributed by atoms with Crippen LogP contribution in [0.3, 0.4) is 0 Å². The topological polar surface area (TPSA) is 102 Å². The van der Waals surface area contributed by atoms with E-state index in [0.717, 1.165) is 43.5 Å². The molecule has 11 heteroatoms. The standard InChI is InChI=1S/C31H30N8O3/c1-35-12-13-36-23(18-35)15-20-14-21(6-8-25(20)36)33-31-32-17-24-29(34-31)39-22-7-9-27-26(16-22)37(28(40)19-42-27)10-4-2-3-5-11-38(39)30(24)41/h3,5-9,14-17H,2,4,10-13,18-19H2,1H3,(H,32,33,34). The molecular weight excluding hydrogens is 532 g/mol. The number of nitrogens with one attached hydrogen (secondary N) is 1. The van der Waals surface area contributed by atoms with E-state index in [1.807, 2.05) is 35.0 Å². The summed E-state index contributed by atoms with van der Waals surface area (Å²) in [7, 11) is 2.15. The summed E-state index contributed by atoms with van der Waals surface area (Å²) in [6.07, 6.45) is 7.26. The number of aromatic nitrogens is 5. The lowest BCUT2D eigenvalue weighted by atomic mass is 10.1. The summed E-state index contributed by atoms with van der Waals surface area (Å²) in [6.45, 7) is 3.96. The summed E-state index contributed by atoms with van der Waals surface area (Å²) in [4.78, 5) is 39.8. The zero-order chi connectivity index (χ0) is 28.4. The Hall–Kier alpha value is -4.90. The summed E-state index contributed by atoms with van der Waals surface area (Å²) >= 11 is 0. The number of anilines is 3. The SMILES string of the molecule is CN1CCn2c(cc3cc(Nc4ncc5c(=O)n6n(c5n4)-c4ccc5c(c4)N(CCCC=CC6)C(=O)CO5)ccc32)C1. The van der Waals surface area contributed by atoms with E-state index in [1.165, 1.54) is 11.2 Å². The molecular formula is C31H30N8O3. The van der Waals surface area contributed by atoms with Crippen molar-refractivity contribution in [1.82, 2.24) is 28.8 Å². The van der Waals surface area contributed by atoms with Crippen molar-refractivity contribution >= 4 is 45.2 Å². The van der Waals surface area contributed by atoms with Crippen LogP contribution in [-0.2, 0) is 24.4 Å². The lowest BCUT2D eigenvalue weighted by Crippen LogP contribution is -2.39. The van der Waals surface area contributed by atoms with E-state index in [-0.39, 0.29) is 18.1 Å². The molecule has 0 saturated carbocycles. The van der Waals surface area contributed by atoms with Gasteiger partial charge < -0.3 is 19.5 Å². The van der Waals surface area contributed by atoms with Crippen molar-refractivity contribution in [2.75, 3.05) is 37.0 Å².